The average molecular weight is 118 g/mol. The number of allylic oxidation sites excluding steroid dienone is 1. The van der Waals surface area contributed by atoms with Crippen molar-refractivity contribution >= 4 is 5.97 Å². The van der Waals surface area contributed by atoms with Gasteiger partial charge in [0.25, 0.3) is 0 Å². The van der Waals surface area contributed by atoms with Gasteiger partial charge in [0.15, 0.2) is 0 Å². The average Bonchev–Trinajstić information content (AvgIpc) is 1.69. The van der Waals surface area contributed by atoms with Gasteiger partial charge in [-0.1, -0.05) is 6.08 Å². The summed E-state index contributed by atoms with van der Waals surface area (Å²) in [5.41, 5.74) is 0. The van der Waals surface area contributed by atoms with Crippen LogP contribution in [0.4, 0.5) is 0 Å². The van der Waals surface area contributed by atoms with Crippen LogP contribution in [0.3, 0.4) is 0 Å². The van der Waals surface area contributed by atoms with E-state index in [9.17, 15) is 0 Å². The molecule has 0 radical (unpaired) electrons. The molecule has 0 saturated heterocycles. The van der Waals surface area contributed by atoms with Gasteiger partial charge in [-0.3, -0.25) is 0 Å². The number of carbonyl (C=O) groups is 1. The molecule has 3 nitrogen and oxygen atoms in total. The van der Waals surface area contributed by atoms with Crippen molar-refractivity contribution < 1.29 is 15.0 Å². The Balaban J connectivity index is 0. The van der Waals surface area contributed by atoms with Crippen molar-refractivity contribution in [3.8, 4) is 0 Å². The Morgan fingerprint density at radius 1 is 1.88 bits per heavy atom. The zero-order valence-corrected chi connectivity index (χ0v) is 4.79. The third-order valence-corrected chi connectivity index (χ3v) is 0.135. The third kappa shape index (κ3) is 65.7. The molecular weight excluding hydrogens is 108 g/mol. The monoisotopic (exact) mass is 118 g/mol. The van der Waals surface area contributed by atoms with Crippen molar-refractivity contribution in [3.63, 3.8) is 0 Å². The molecule has 0 aromatic carbocycles. The predicted octanol–water partition coefficient (Wildman–Crippen LogP) is 0.256. The second-order valence-corrected chi connectivity index (χ2v) is 0.960. The van der Waals surface area contributed by atoms with Gasteiger partial charge in [0.05, 0.1) is 0 Å². The molecule has 3 heteroatoms. The summed E-state index contributed by atoms with van der Waals surface area (Å²) in [5, 5.41) is 15.0. The number of carboxylic acid groups (broad SMARTS) is 1. The van der Waals surface area contributed by atoms with Crippen LogP contribution in [-0.4, -0.2) is 22.8 Å². The molecule has 0 spiro atoms. The summed E-state index contributed by atoms with van der Waals surface area (Å²) in [4.78, 5) is 9.12. The van der Waals surface area contributed by atoms with Gasteiger partial charge in [0, 0.05) is 0 Å². The van der Waals surface area contributed by atoms with E-state index in [1.54, 1.807) is 6.08 Å². The van der Waals surface area contributed by atoms with Crippen LogP contribution in [-0.2, 0) is 4.79 Å². The predicted molar refractivity (Wildman–Crippen MR) is 30.6 cm³/mol. The molecule has 0 aliphatic rings. The van der Waals surface area contributed by atoms with E-state index in [1.165, 1.54) is 0 Å². The molecular formula is C5H10O3. The van der Waals surface area contributed by atoms with Crippen LogP contribution >= 0.6 is 0 Å². The van der Waals surface area contributed by atoms with Crippen LogP contribution in [0, 0.1) is 0 Å². The van der Waals surface area contributed by atoms with Crippen molar-refractivity contribution in [1.82, 2.24) is 0 Å². The quantitative estimate of drug-likeness (QED) is 0.485. The van der Waals surface area contributed by atoms with Crippen LogP contribution < -0.4 is 0 Å². The van der Waals surface area contributed by atoms with Crippen molar-refractivity contribution in [2.24, 2.45) is 0 Å². The van der Waals surface area contributed by atoms with Gasteiger partial charge in [-0.25, -0.2) is 4.79 Å². The SMILES string of the molecule is C=CC.O=C(O)CO. The van der Waals surface area contributed by atoms with E-state index in [0.29, 0.717) is 0 Å². The smallest absolute Gasteiger partial charge is 0.329 e. The Hall–Kier alpha value is -0.830. The maximum absolute atomic E-state index is 9.12. The van der Waals surface area contributed by atoms with Crippen LogP contribution in [0.15, 0.2) is 12.7 Å². The van der Waals surface area contributed by atoms with E-state index < -0.39 is 12.6 Å². The van der Waals surface area contributed by atoms with Gasteiger partial charge in [-0.15, -0.1) is 6.58 Å². The number of hydrogen-bond donors (Lipinski definition) is 2. The van der Waals surface area contributed by atoms with Crippen molar-refractivity contribution in [2.75, 3.05) is 6.61 Å². The Morgan fingerprint density at radius 2 is 2.00 bits per heavy atom. The van der Waals surface area contributed by atoms with E-state index in [0.717, 1.165) is 0 Å². The third-order valence-electron chi connectivity index (χ3n) is 0.135. The minimum Gasteiger partial charge on any atom is -0.480 e. The maximum atomic E-state index is 9.12. The fraction of sp³-hybridized carbons (Fsp3) is 0.400. The van der Waals surface area contributed by atoms with Gasteiger partial charge in [-0.2, -0.15) is 0 Å². The minimum absolute atomic E-state index is 0.778. The van der Waals surface area contributed by atoms with Crippen LogP contribution in [0.2, 0.25) is 0 Å². The summed E-state index contributed by atoms with van der Waals surface area (Å²) in [6, 6.07) is 0. The molecule has 8 heavy (non-hydrogen) atoms. The fourth-order valence-corrected chi connectivity index (χ4v) is 0. The Kier molecular flexibility index (Phi) is 12.1. The lowest BCUT2D eigenvalue weighted by molar-refractivity contribution is -0.140. The Morgan fingerprint density at radius 3 is 2.00 bits per heavy atom. The lowest BCUT2D eigenvalue weighted by Crippen LogP contribution is -1.98. The van der Waals surface area contributed by atoms with Gasteiger partial charge in [0.1, 0.15) is 6.61 Å². The Labute approximate surface area is 48.3 Å². The highest BCUT2D eigenvalue weighted by Gasteiger charge is 1.82. The number of aliphatic carboxylic acids is 1. The molecule has 2 N–H and O–H groups in total. The lowest BCUT2D eigenvalue weighted by Gasteiger charge is -1.72. The normalized spacial score (nSPS) is 6.25. The van der Waals surface area contributed by atoms with Gasteiger partial charge in [0.2, 0.25) is 0 Å². The van der Waals surface area contributed by atoms with Crippen molar-refractivity contribution in [3.05, 3.63) is 12.7 Å². The molecule has 0 fully saturated rings. The summed E-state index contributed by atoms with van der Waals surface area (Å²) in [6.07, 6.45) is 1.75. The molecule has 0 amide bonds. The molecule has 0 aliphatic carbocycles. The fourth-order valence-electron chi connectivity index (χ4n) is 0. The zero-order chi connectivity index (χ0) is 6.99. The van der Waals surface area contributed by atoms with Crippen LogP contribution in [0.5, 0.6) is 0 Å². The van der Waals surface area contributed by atoms with Crippen LogP contribution in [0.1, 0.15) is 6.92 Å². The molecule has 0 bridgehead atoms. The van der Waals surface area contributed by atoms with E-state index in [1.807, 2.05) is 6.92 Å². The second kappa shape index (κ2) is 9.48. The number of carboxylic acids is 1. The first kappa shape index (κ1) is 10.2. The molecule has 0 atom stereocenters. The van der Waals surface area contributed by atoms with Gasteiger partial charge < -0.3 is 10.2 Å². The van der Waals surface area contributed by atoms with Crippen molar-refractivity contribution in [2.45, 2.75) is 6.92 Å². The number of aliphatic hydroxyl groups excluding tert-OH is 1. The summed E-state index contributed by atoms with van der Waals surface area (Å²) in [7, 11) is 0. The van der Waals surface area contributed by atoms with Crippen molar-refractivity contribution in [1.29, 1.82) is 0 Å². The first-order valence-electron chi connectivity index (χ1n) is 2.08. The highest BCUT2D eigenvalue weighted by Crippen LogP contribution is 1.48. The van der Waals surface area contributed by atoms with E-state index in [4.69, 9.17) is 15.0 Å². The summed E-state index contributed by atoms with van der Waals surface area (Å²) in [6.45, 7) is 4.47. The first-order valence-corrected chi connectivity index (χ1v) is 2.08. The highest BCUT2D eigenvalue weighted by molar-refractivity contribution is 5.67. The first-order chi connectivity index (χ1) is 3.68. The maximum Gasteiger partial charge on any atom is 0.329 e. The summed E-state index contributed by atoms with van der Waals surface area (Å²) in [5.74, 6) is -1.19. The second-order valence-electron chi connectivity index (χ2n) is 0.960. The van der Waals surface area contributed by atoms with E-state index >= 15 is 0 Å². The van der Waals surface area contributed by atoms with Gasteiger partial charge in [-0.05, 0) is 6.92 Å². The standard InChI is InChI=1S/C3H6.C2H4O3/c1-3-2;3-1-2(4)5/h3H,1H2,2H3;3H,1H2,(H,4,5). The number of hydrogen-bond acceptors (Lipinski definition) is 2. The molecule has 0 aromatic heterocycles. The number of rotatable bonds is 1. The molecule has 0 rings (SSSR count). The molecule has 0 unspecified atom stereocenters. The summed E-state index contributed by atoms with van der Waals surface area (Å²) >= 11 is 0. The number of aliphatic hydroxyl groups is 1. The highest BCUT2D eigenvalue weighted by atomic mass is 16.4. The Bertz CT molecular complexity index is 68.1. The molecule has 0 aromatic rings. The molecule has 0 saturated carbocycles. The molecule has 48 valence electrons. The van der Waals surface area contributed by atoms with Gasteiger partial charge >= 0.3 is 5.97 Å². The van der Waals surface area contributed by atoms with Crippen LogP contribution in [0.25, 0.3) is 0 Å². The summed E-state index contributed by atoms with van der Waals surface area (Å²) < 4.78 is 0. The van der Waals surface area contributed by atoms with E-state index in [2.05, 4.69) is 6.58 Å². The molecule has 0 aliphatic heterocycles. The van der Waals surface area contributed by atoms with E-state index in [-0.39, 0.29) is 0 Å². The lowest BCUT2D eigenvalue weighted by atomic mass is 10.8. The zero-order valence-electron chi connectivity index (χ0n) is 4.79. The topological polar surface area (TPSA) is 57.5 Å². The minimum atomic E-state index is -1.19. The molecule has 0 heterocycles. The largest absolute Gasteiger partial charge is 0.480 e.